The van der Waals surface area contributed by atoms with Crippen molar-refractivity contribution in [3.8, 4) is 0 Å². The van der Waals surface area contributed by atoms with Crippen LogP contribution in [0.5, 0.6) is 0 Å². The third-order valence-corrected chi connectivity index (χ3v) is 1.80. The molecule has 0 aromatic carbocycles. The second kappa shape index (κ2) is 4.50. The maximum atomic E-state index is 5.35. The highest BCUT2D eigenvalue weighted by Gasteiger charge is 2.08. The van der Waals surface area contributed by atoms with E-state index in [1.807, 2.05) is 6.92 Å². The Balaban J connectivity index is 2.52. The molecule has 3 nitrogen and oxygen atoms in total. The van der Waals surface area contributed by atoms with Gasteiger partial charge in [0.1, 0.15) is 0 Å². The van der Waals surface area contributed by atoms with Gasteiger partial charge in [-0.1, -0.05) is 13.3 Å². The molecule has 12 heavy (non-hydrogen) atoms. The van der Waals surface area contributed by atoms with E-state index in [9.17, 15) is 0 Å². The normalized spacial score (nSPS) is 13.2. The van der Waals surface area contributed by atoms with Crippen molar-refractivity contribution in [2.24, 2.45) is 0 Å². The van der Waals surface area contributed by atoms with Gasteiger partial charge in [0.25, 0.3) is 0 Å². The van der Waals surface area contributed by atoms with Gasteiger partial charge in [-0.25, -0.2) is 0 Å². The summed E-state index contributed by atoms with van der Waals surface area (Å²) < 4.78 is 5.35. The Labute approximate surface area is 78.0 Å². The van der Waals surface area contributed by atoms with E-state index in [0.29, 0.717) is 5.89 Å². The summed E-state index contributed by atoms with van der Waals surface area (Å²) in [5.41, 5.74) is 0. The molecule has 1 aromatic heterocycles. The van der Waals surface area contributed by atoms with Crippen molar-refractivity contribution in [2.45, 2.75) is 38.4 Å². The van der Waals surface area contributed by atoms with Crippen molar-refractivity contribution in [3.05, 3.63) is 11.8 Å². The molecule has 0 bridgehead atoms. The van der Waals surface area contributed by atoms with E-state index < -0.39 is 0 Å². The molecule has 0 fully saturated rings. The molecule has 0 saturated carbocycles. The van der Waals surface area contributed by atoms with Crippen LogP contribution in [0.25, 0.3) is 0 Å². The lowest BCUT2D eigenvalue weighted by Crippen LogP contribution is -1.83. The van der Waals surface area contributed by atoms with Gasteiger partial charge in [-0.3, -0.25) is 0 Å². The quantitative estimate of drug-likeness (QED) is 0.734. The molecule has 0 saturated heterocycles. The molecule has 0 aliphatic carbocycles. The fourth-order valence-corrected chi connectivity index (χ4v) is 0.969. The molecule has 68 valence electrons. The molecule has 0 radical (unpaired) electrons. The van der Waals surface area contributed by atoms with Gasteiger partial charge in [0.2, 0.25) is 11.8 Å². The van der Waals surface area contributed by atoms with E-state index in [1.54, 1.807) is 0 Å². The van der Waals surface area contributed by atoms with E-state index in [2.05, 4.69) is 29.7 Å². The maximum Gasteiger partial charge on any atom is 0.228 e. The van der Waals surface area contributed by atoms with Crippen LogP contribution in [0.2, 0.25) is 0 Å². The largest absolute Gasteiger partial charge is 0.424 e. The van der Waals surface area contributed by atoms with Gasteiger partial charge in [0.05, 0.1) is 5.25 Å². The number of hydrogen-bond acceptors (Lipinski definition) is 4. The number of unbranched alkanes of at least 4 members (excludes halogenated alkanes) is 1. The van der Waals surface area contributed by atoms with Crippen molar-refractivity contribution in [1.82, 2.24) is 10.2 Å². The Hall–Kier alpha value is -0.510. The molecule has 0 N–H and O–H groups in total. The van der Waals surface area contributed by atoms with Gasteiger partial charge < -0.3 is 4.42 Å². The van der Waals surface area contributed by atoms with Crippen LogP contribution in [0.4, 0.5) is 0 Å². The van der Waals surface area contributed by atoms with Crippen LogP contribution in [0.1, 0.15) is 43.7 Å². The number of hydrogen-bond donors (Lipinski definition) is 1. The average molecular weight is 186 g/mol. The maximum absolute atomic E-state index is 5.35. The lowest BCUT2D eigenvalue weighted by molar-refractivity contribution is 0.446. The Morgan fingerprint density at radius 3 is 2.75 bits per heavy atom. The molecule has 0 amide bonds. The summed E-state index contributed by atoms with van der Waals surface area (Å²) in [5, 5.41) is 7.82. The number of aromatic nitrogens is 2. The molecule has 1 aromatic rings. The Morgan fingerprint density at radius 1 is 1.50 bits per heavy atom. The smallest absolute Gasteiger partial charge is 0.228 e. The minimum Gasteiger partial charge on any atom is -0.424 e. The SMILES string of the molecule is CCCCc1nnc(C(C)S)o1. The zero-order valence-electron chi connectivity index (χ0n) is 7.45. The van der Waals surface area contributed by atoms with Gasteiger partial charge in [-0.2, -0.15) is 12.6 Å². The van der Waals surface area contributed by atoms with Crippen molar-refractivity contribution in [3.63, 3.8) is 0 Å². The first-order valence-electron chi connectivity index (χ1n) is 4.24. The number of thiol groups is 1. The van der Waals surface area contributed by atoms with Gasteiger partial charge in [0, 0.05) is 6.42 Å². The van der Waals surface area contributed by atoms with E-state index >= 15 is 0 Å². The predicted molar refractivity (Wildman–Crippen MR) is 50.3 cm³/mol. The van der Waals surface area contributed by atoms with E-state index in [4.69, 9.17) is 4.42 Å². The molecular weight excluding hydrogens is 172 g/mol. The van der Waals surface area contributed by atoms with Crippen LogP contribution >= 0.6 is 12.6 Å². The minimum atomic E-state index is 0.0351. The monoisotopic (exact) mass is 186 g/mol. The van der Waals surface area contributed by atoms with Crippen LogP contribution in [0.3, 0.4) is 0 Å². The molecule has 4 heteroatoms. The lowest BCUT2D eigenvalue weighted by Gasteiger charge is -1.93. The fourth-order valence-electron chi connectivity index (χ4n) is 0.864. The summed E-state index contributed by atoms with van der Waals surface area (Å²) in [4.78, 5) is 0. The number of aryl methyl sites for hydroxylation is 1. The van der Waals surface area contributed by atoms with Crippen molar-refractivity contribution < 1.29 is 4.42 Å². The zero-order valence-corrected chi connectivity index (χ0v) is 8.34. The Morgan fingerprint density at radius 2 is 2.25 bits per heavy atom. The van der Waals surface area contributed by atoms with Crippen molar-refractivity contribution >= 4 is 12.6 Å². The number of nitrogens with zero attached hydrogens (tertiary/aromatic N) is 2. The highest BCUT2D eigenvalue weighted by atomic mass is 32.1. The third-order valence-electron chi connectivity index (χ3n) is 1.58. The van der Waals surface area contributed by atoms with Crippen LogP contribution in [-0.2, 0) is 6.42 Å². The standard InChI is InChI=1S/C8H14N2OS/c1-3-4-5-7-9-10-8(11-7)6(2)12/h6,12H,3-5H2,1-2H3. The van der Waals surface area contributed by atoms with Gasteiger partial charge >= 0.3 is 0 Å². The van der Waals surface area contributed by atoms with Crippen molar-refractivity contribution in [2.75, 3.05) is 0 Å². The van der Waals surface area contributed by atoms with E-state index in [1.165, 1.54) is 0 Å². The zero-order chi connectivity index (χ0) is 8.97. The summed E-state index contributed by atoms with van der Waals surface area (Å²) in [6.07, 6.45) is 3.13. The van der Waals surface area contributed by atoms with Gasteiger partial charge in [-0.05, 0) is 13.3 Å². The summed E-state index contributed by atoms with van der Waals surface area (Å²) >= 11 is 4.20. The van der Waals surface area contributed by atoms with Crippen LogP contribution < -0.4 is 0 Å². The highest BCUT2D eigenvalue weighted by Crippen LogP contribution is 2.17. The van der Waals surface area contributed by atoms with Crippen molar-refractivity contribution in [1.29, 1.82) is 0 Å². The van der Waals surface area contributed by atoms with Crippen LogP contribution in [0.15, 0.2) is 4.42 Å². The van der Waals surface area contributed by atoms with Gasteiger partial charge in [-0.15, -0.1) is 10.2 Å². The number of rotatable bonds is 4. The molecule has 1 atom stereocenters. The molecular formula is C8H14N2OS. The predicted octanol–water partition coefficient (Wildman–Crippen LogP) is 2.40. The highest BCUT2D eigenvalue weighted by molar-refractivity contribution is 7.80. The molecule has 1 rings (SSSR count). The third kappa shape index (κ3) is 2.52. The minimum absolute atomic E-state index is 0.0351. The summed E-state index contributed by atoms with van der Waals surface area (Å²) in [6.45, 7) is 4.05. The molecule has 0 aliphatic heterocycles. The van der Waals surface area contributed by atoms with Crippen LogP contribution in [0, 0.1) is 0 Å². The molecule has 1 heterocycles. The topological polar surface area (TPSA) is 38.9 Å². The Kier molecular flexibility index (Phi) is 3.59. The molecule has 0 aliphatic rings. The second-order valence-corrected chi connectivity index (χ2v) is 3.59. The first-order chi connectivity index (χ1) is 5.74. The molecule has 1 unspecified atom stereocenters. The summed E-state index contributed by atoms with van der Waals surface area (Å²) in [7, 11) is 0. The fraction of sp³-hybridized carbons (Fsp3) is 0.750. The molecule has 0 spiro atoms. The van der Waals surface area contributed by atoms with E-state index in [-0.39, 0.29) is 5.25 Å². The second-order valence-electron chi connectivity index (χ2n) is 2.81. The first-order valence-corrected chi connectivity index (χ1v) is 4.76. The van der Waals surface area contributed by atoms with Gasteiger partial charge in [0.15, 0.2) is 0 Å². The summed E-state index contributed by atoms with van der Waals surface area (Å²) in [6, 6.07) is 0. The van der Waals surface area contributed by atoms with Crippen LogP contribution in [-0.4, -0.2) is 10.2 Å². The Bertz CT molecular complexity index is 235. The van der Waals surface area contributed by atoms with E-state index in [0.717, 1.165) is 25.2 Å². The lowest BCUT2D eigenvalue weighted by atomic mass is 10.2. The summed E-state index contributed by atoms with van der Waals surface area (Å²) in [5.74, 6) is 1.34. The first kappa shape index (κ1) is 9.58. The average Bonchev–Trinajstić information content (AvgIpc) is 2.48.